The van der Waals surface area contributed by atoms with E-state index < -0.39 is 24.2 Å². The van der Waals surface area contributed by atoms with Crippen molar-refractivity contribution >= 4 is 39.3 Å². The number of halogens is 5. The number of aromatic nitrogens is 2. The zero-order chi connectivity index (χ0) is 20.6. The molecule has 152 valence electrons. The van der Waals surface area contributed by atoms with Crippen molar-refractivity contribution in [2.75, 3.05) is 5.32 Å². The predicted octanol–water partition coefficient (Wildman–Crippen LogP) is 5.49. The molecule has 0 aliphatic carbocycles. The third-order valence-electron chi connectivity index (χ3n) is 4.77. The Hall–Kier alpha value is -1.74. The van der Waals surface area contributed by atoms with Crippen molar-refractivity contribution in [2.45, 2.75) is 51.0 Å². The number of alkyl halides is 3. The monoisotopic (exact) mass is 478 g/mol. The molecule has 10 heteroatoms. The van der Waals surface area contributed by atoms with Gasteiger partial charge in [-0.3, -0.25) is 4.79 Å². The molecule has 0 bridgehead atoms. The number of hydrogen-bond acceptors (Lipinski definition) is 3. The van der Waals surface area contributed by atoms with Crippen molar-refractivity contribution in [2.24, 2.45) is 0 Å². The second-order valence-electron chi connectivity index (χ2n) is 6.78. The average molecular weight is 480 g/mol. The molecule has 3 rings (SSSR count). The van der Waals surface area contributed by atoms with E-state index in [9.17, 15) is 18.0 Å². The molecule has 0 unspecified atom stereocenters. The highest BCUT2D eigenvalue weighted by Crippen LogP contribution is 2.46. The molecule has 2 aromatic rings. The second-order valence-corrected chi connectivity index (χ2v) is 8.07. The summed E-state index contributed by atoms with van der Waals surface area (Å²) >= 11 is 9.59. The number of benzene rings is 1. The lowest BCUT2D eigenvalue weighted by Crippen LogP contribution is -2.36. The molecule has 1 aromatic heterocycles. The van der Waals surface area contributed by atoms with Crippen LogP contribution in [0.4, 0.5) is 19.0 Å². The first-order valence-corrected chi connectivity index (χ1v) is 9.96. The van der Waals surface area contributed by atoms with Gasteiger partial charge in [-0.15, -0.1) is 0 Å². The number of anilines is 1. The summed E-state index contributed by atoms with van der Waals surface area (Å²) in [5.41, 5.74) is 0.474. The van der Waals surface area contributed by atoms with Gasteiger partial charge in [-0.1, -0.05) is 46.6 Å². The Morgan fingerprint density at radius 2 is 2.07 bits per heavy atom. The van der Waals surface area contributed by atoms with Crippen molar-refractivity contribution in [3.05, 3.63) is 45.0 Å². The Morgan fingerprint density at radius 3 is 2.64 bits per heavy atom. The highest BCUT2D eigenvalue weighted by molar-refractivity contribution is 9.10. The fraction of sp³-hybridized carbons (Fsp3) is 0.444. The van der Waals surface area contributed by atoms with E-state index in [-0.39, 0.29) is 29.0 Å². The van der Waals surface area contributed by atoms with Gasteiger partial charge in [0.25, 0.3) is 5.91 Å². The first-order chi connectivity index (χ1) is 13.1. The summed E-state index contributed by atoms with van der Waals surface area (Å²) in [5.74, 6) is -0.596. The lowest BCUT2D eigenvalue weighted by molar-refractivity contribution is -0.173. The molecule has 1 aliphatic heterocycles. The fourth-order valence-corrected chi connectivity index (χ4v) is 3.57. The molecule has 0 fully saturated rings. The Labute approximate surface area is 173 Å². The van der Waals surface area contributed by atoms with Gasteiger partial charge in [0.05, 0.1) is 6.04 Å². The lowest BCUT2D eigenvalue weighted by Gasteiger charge is -2.33. The third-order valence-corrected chi connectivity index (χ3v) is 5.66. The van der Waals surface area contributed by atoms with Gasteiger partial charge in [0.15, 0.2) is 11.7 Å². The number of nitrogens with one attached hydrogen (secondary N) is 2. The van der Waals surface area contributed by atoms with Gasteiger partial charge in [-0.05, 0) is 31.0 Å². The van der Waals surface area contributed by atoms with Crippen LogP contribution in [0.2, 0.25) is 5.02 Å². The molecule has 1 aliphatic rings. The zero-order valence-corrected chi connectivity index (χ0v) is 17.5. The second kappa shape index (κ2) is 7.94. The van der Waals surface area contributed by atoms with Crippen LogP contribution in [-0.4, -0.2) is 27.9 Å². The van der Waals surface area contributed by atoms with Crippen molar-refractivity contribution in [1.29, 1.82) is 0 Å². The largest absolute Gasteiger partial charge is 0.410 e. The molecule has 0 saturated carbocycles. The Balaban J connectivity index is 2.00. The number of fused-ring (bicyclic) bond motifs is 1. The highest BCUT2D eigenvalue weighted by Gasteiger charge is 2.47. The molecule has 0 radical (unpaired) electrons. The van der Waals surface area contributed by atoms with Crippen LogP contribution in [-0.2, 0) is 0 Å². The first kappa shape index (κ1) is 21.0. The van der Waals surface area contributed by atoms with Gasteiger partial charge < -0.3 is 10.6 Å². The number of amides is 1. The molecule has 0 saturated heterocycles. The fourth-order valence-electron chi connectivity index (χ4n) is 3.04. The van der Waals surface area contributed by atoms with Crippen LogP contribution in [0.15, 0.2) is 28.7 Å². The Bertz CT molecular complexity index is 869. The molecular formula is C18H19BrClF3N4O. The van der Waals surface area contributed by atoms with Crippen LogP contribution >= 0.6 is 27.5 Å². The minimum Gasteiger partial charge on any atom is -0.362 e. The Morgan fingerprint density at radius 1 is 1.43 bits per heavy atom. The van der Waals surface area contributed by atoms with Crippen molar-refractivity contribution in [3.63, 3.8) is 0 Å². The number of carbonyl (C=O) groups is 1. The quantitative estimate of drug-likeness (QED) is 0.610. The molecule has 3 atom stereocenters. The van der Waals surface area contributed by atoms with Gasteiger partial charge >= 0.3 is 6.18 Å². The van der Waals surface area contributed by atoms with Crippen LogP contribution < -0.4 is 10.6 Å². The highest BCUT2D eigenvalue weighted by atomic mass is 79.9. The summed E-state index contributed by atoms with van der Waals surface area (Å²) in [6.45, 7) is 3.68. The summed E-state index contributed by atoms with van der Waals surface area (Å²) in [4.78, 5) is 12.4. The number of nitrogens with zero attached hydrogens (tertiary/aromatic N) is 2. The topological polar surface area (TPSA) is 59.0 Å². The average Bonchev–Trinajstić information content (AvgIpc) is 2.97. The predicted molar refractivity (Wildman–Crippen MR) is 105 cm³/mol. The number of hydrogen-bond donors (Lipinski definition) is 2. The zero-order valence-electron chi connectivity index (χ0n) is 15.1. The minimum atomic E-state index is -4.54. The van der Waals surface area contributed by atoms with E-state index in [1.54, 1.807) is 31.2 Å². The SMILES string of the molecule is CC[C@@H](C)NC(=O)c1nn2c(c1Cl)N[C@@H](c1ccc(Br)cc1)C[C@H]2C(F)(F)F. The van der Waals surface area contributed by atoms with Crippen molar-refractivity contribution < 1.29 is 18.0 Å². The van der Waals surface area contributed by atoms with Crippen LogP contribution in [0.25, 0.3) is 0 Å². The maximum atomic E-state index is 13.7. The maximum absolute atomic E-state index is 13.7. The van der Waals surface area contributed by atoms with Gasteiger partial charge in [-0.2, -0.15) is 18.3 Å². The molecule has 2 heterocycles. The molecule has 28 heavy (non-hydrogen) atoms. The van der Waals surface area contributed by atoms with E-state index in [1.807, 2.05) is 6.92 Å². The number of rotatable bonds is 4. The molecule has 1 amide bonds. The van der Waals surface area contributed by atoms with E-state index >= 15 is 0 Å². The van der Waals surface area contributed by atoms with E-state index in [1.165, 1.54) is 0 Å². The van der Waals surface area contributed by atoms with E-state index in [2.05, 4.69) is 31.7 Å². The third kappa shape index (κ3) is 4.15. The van der Waals surface area contributed by atoms with E-state index in [4.69, 9.17) is 11.6 Å². The smallest absolute Gasteiger partial charge is 0.362 e. The van der Waals surface area contributed by atoms with Crippen molar-refractivity contribution in [1.82, 2.24) is 15.1 Å². The van der Waals surface area contributed by atoms with Gasteiger partial charge in [0, 0.05) is 16.9 Å². The van der Waals surface area contributed by atoms with Crippen LogP contribution in [0, 0.1) is 0 Å². The van der Waals surface area contributed by atoms with Gasteiger partial charge in [-0.25, -0.2) is 4.68 Å². The van der Waals surface area contributed by atoms with Gasteiger partial charge in [0.1, 0.15) is 10.8 Å². The number of carbonyl (C=O) groups excluding carboxylic acids is 1. The van der Waals surface area contributed by atoms with Gasteiger partial charge in [0.2, 0.25) is 0 Å². The summed E-state index contributed by atoms with van der Waals surface area (Å²) in [6.07, 6.45) is -4.13. The Kier molecular flexibility index (Phi) is 5.95. The molecule has 5 nitrogen and oxygen atoms in total. The first-order valence-electron chi connectivity index (χ1n) is 8.79. The summed E-state index contributed by atoms with van der Waals surface area (Å²) in [5, 5.41) is 9.50. The van der Waals surface area contributed by atoms with Crippen molar-refractivity contribution in [3.8, 4) is 0 Å². The summed E-state index contributed by atoms with van der Waals surface area (Å²) in [7, 11) is 0. The normalized spacial score (nSPS) is 20.2. The maximum Gasteiger partial charge on any atom is 0.410 e. The summed E-state index contributed by atoms with van der Waals surface area (Å²) in [6, 6.07) is 4.35. The molecule has 2 N–H and O–H groups in total. The minimum absolute atomic E-state index is 0.00235. The van der Waals surface area contributed by atoms with E-state index in [0.29, 0.717) is 12.0 Å². The van der Waals surface area contributed by atoms with Crippen LogP contribution in [0.5, 0.6) is 0 Å². The summed E-state index contributed by atoms with van der Waals surface area (Å²) < 4.78 is 42.8. The lowest BCUT2D eigenvalue weighted by atomic mass is 9.97. The van der Waals surface area contributed by atoms with Crippen LogP contribution in [0.1, 0.15) is 54.8 Å². The molecular weight excluding hydrogens is 461 g/mol. The molecule has 0 spiro atoms. The molecule has 1 aromatic carbocycles. The van der Waals surface area contributed by atoms with E-state index in [0.717, 1.165) is 9.15 Å². The van der Waals surface area contributed by atoms with Crippen LogP contribution in [0.3, 0.4) is 0 Å². The standard InChI is InChI=1S/C18H19BrClF3N4O/c1-3-9(2)24-17(28)15-14(20)16-25-12(10-4-6-11(19)7-5-10)8-13(18(21,22)23)27(16)26-15/h4-7,9,12-13,25H,3,8H2,1-2H3,(H,24,28)/t9-,12-,13+/m1/s1.